The minimum Gasteiger partial charge on any atom is -0.507 e. The van der Waals surface area contributed by atoms with Crippen molar-refractivity contribution in [2.45, 2.75) is 0 Å². The highest BCUT2D eigenvalue weighted by atomic mass is 35.5. The fourth-order valence-electron chi connectivity index (χ4n) is 2.35. The molecule has 0 atom stereocenters. The zero-order valence-corrected chi connectivity index (χ0v) is 12.7. The zero-order valence-electron chi connectivity index (χ0n) is 11.2. The number of carboxylic acid groups (broad SMARTS) is 1. The third kappa shape index (κ3) is 2.23. The predicted molar refractivity (Wildman–Crippen MR) is 82.7 cm³/mol. The number of carbonyl (C=O) groups excluding carboxylic acids is 2. The van der Waals surface area contributed by atoms with Crippen molar-refractivity contribution >= 4 is 46.7 Å². The minimum absolute atomic E-state index is 0.00136. The lowest BCUT2D eigenvalue weighted by molar-refractivity contribution is 0.0692. The van der Waals surface area contributed by atoms with E-state index in [1.54, 1.807) is 0 Å². The molecule has 2 aromatic carbocycles. The summed E-state index contributed by atoms with van der Waals surface area (Å²) >= 11 is 11.9. The lowest BCUT2D eigenvalue weighted by atomic mass is 10.1. The Hall–Kier alpha value is -2.57. The van der Waals surface area contributed by atoms with Gasteiger partial charge in [-0.15, -0.1) is 0 Å². The summed E-state index contributed by atoms with van der Waals surface area (Å²) in [7, 11) is 0. The summed E-state index contributed by atoms with van der Waals surface area (Å²) in [4.78, 5) is 36.9. The molecule has 0 aromatic heterocycles. The van der Waals surface area contributed by atoms with Gasteiger partial charge in [0.15, 0.2) is 0 Å². The van der Waals surface area contributed by atoms with Crippen molar-refractivity contribution in [1.29, 1.82) is 0 Å². The van der Waals surface area contributed by atoms with Crippen molar-refractivity contribution < 1.29 is 24.6 Å². The van der Waals surface area contributed by atoms with Crippen molar-refractivity contribution in [3.8, 4) is 5.75 Å². The molecule has 0 unspecified atom stereocenters. The summed E-state index contributed by atoms with van der Waals surface area (Å²) in [6.45, 7) is 0. The van der Waals surface area contributed by atoms with Crippen LogP contribution in [0.2, 0.25) is 10.0 Å². The van der Waals surface area contributed by atoms with E-state index in [9.17, 15) is 19.5 Å². The summed E-state index contributed by atoms with van der Waals surface area (Å²) in [5.74, 6) is -3.29. The molecule has 116 valence electrons. The van der Waals surface area contributed by atoms with Gasteiger partial charge in [-0.2, -0.15) is 0 Å². The summed E-state index contributed by atoms with van der Waals surface area (Å²) in [5, 5.41) is 18.7. The zero-order chi connectivity index (χ0) is 16.9. The molecule has 8 heteroatoms. The first-order valence-electron chi connectivity index (χ1n) is 6.26. The van der Waals surface area contributed by atoms with Crippen LogP contribution in [0.5, 0.6) is 5.75 Å². The van der Waals surface area contributed by atoms with Gasteiger partial charge < -0.3 is 10.2 Å². The molecule has 1 aliphatic rings. The fraction of sp³-hybridized carbons (Fsp3) is 0. The first kappa shape index (κ1) is 15.3. The van der Waals surface area contributed by atoms with E-state index >= 15 is 0 Å². The molecule has 0 saturated heterocycles. The molecule has 0 radical (unpaired) electrons. The summed E-state index contributed by atoms with van der Waals surface area (Å²) in [5.41, 5.74) is -0.502. The summed E-state index contributed by atoms with van der Waals surface area (Å²) in [6.07, 6.45) is 0. The second-order valence-electron chi connectivity index (χ2n) is 4.73. The standard InChI is InChI=1S/C15H7Cl2NO5/c16-8-2-3-9(17)12-11(8)13(20)18(14(12)21)6-1-4-10(19)7(5-6)15(22)23/h1-5,19H,(H,22,23). The molecule has 2 amide bonds. The minimum atomic E-state index is -1.39. The van der Waals surface area contributed by atoms with E-state index in [1.807, 2.05) is 0 Å². The van der Waals surface area contributed by atoms with Crippen molar-refractivity contribution in [3.63, 3.8) is 0 Å². The normalized spacial score (nSPS) is 13.4. The quantitative estimate of drug-likeness (QED) is 0.810. The molecule has 2 aromatic rings. The Morgan fingerprint density at radius 2 is 1.48 bits per heavy atom. The maximum absolute atomic E-state index is 12.5. The number of aromatic hydroxyl groups is 1. The van der Waals surface area contributed by atoms with Crippen molar-refractivity contribution in [2.75, 3.05) is 4.90 Å². The third-order valence-corrected chi connectivity index (χ3v) is 4.04. The van der Waals surface area contributed by atoms with Crippen LogP contribution in [-0.2, 0) is 0 Å². The van der Waals surface area contributed by atoms with Crippen LogP contribution < -0.4 is 4.90 Å². The van der Waals surface area contributed by atoms with Gasteiger partial charge in [-0.1, -0.05) is 23.2 Å². The van der Waals surface area contributed by atoms with Gasteiger partial charge in [-0.05, 0) is 30.3 Å². The van der Waals surface area contributed by atoms with E-state index in [2.05, 4.69) is 0 Å². The number of anilines is 1. The van der Waals surface area contributed by atoms with Gasteiger partial charge in [0.2, 0.25) is 0 Å². The molecule has 0 saturated carbocycles. The maximum Gasteiger partial charge on any atom is 0.339 e. The van der Waals surface area contributed by atoms with Crippen LogP contribution in [0.15, 0.2) is 30.3 Å². The average Bonchev–Trinajstić information content (AvgIpc) is 2.76. The highest BCUT2D eigenvalue weighted by Crippen LogP contribution is 2.37. The topological polar surface area (TPSA) is 94.9 Å². The largest absolute Gasteiger partial charge is 0.507 e. The maximum atomic E-state index is 12.5. The van der Waals surface area contributed by atoms with Gasteiger partial charge in [0, 0.05) is 0 Å². The number of rotatable bonds is 2. The number of benzene rings is 2. The number of fused-ring (bicyclic) bond motifs is 1. The number of hydrogen-bond donors (Lipinski definition) is 2. The predicted octanol–water partition coefficient (Wildman–Crippen LogP) is 3.20. The molecular weight excluding hydrogens is 345 g/mol. The molecular formula is C15H7Cl2NO5. The Kier molecular flexibility index (Phi) is 3.50. The molecule has 23 heavy (non-hydrogen) atoms. The number of aromatic carboxylic acids is 1. The smallest absolute Gasteiger partial charge is 0.339 e. The number of nitrogens with zero attached hydrogens (tertiary/aromatic N) is 1. The van der Waals surface area contributed by atoms with Crippen molar-refractivity contribution in [2.24, 2.45) is 0 Å². The Morgan fingerprint density at radius 1 is 0.957 bits per heavy atom. The molecule has 0 aliphatic carbocycles. The van der Waals surface area contributed by atoms with Crippen molar-refractivity contribution in [1.82, 2.24) is 0 Å². The van der Waals surface area contributed by atoms with E-state index < -0.39 is 29.1 Å². The van der Waals surface area contributed by atoms with Crippen LogP contribution in [0.4, 0.5) is 5.69 Å². The fourth-order valence-corrected chi connectivity index (χ4v) is 2.83. The Bertz CT molecular complexity index is 853. The lowest BCUT2D eigenvalue weighted by Crippen LogP contribution is -2.29. The number of phenols is 1. The molecule has 3 rings (SSSR count). The summed E-state index contributed by atoms with van der Waals surface area (Å²) < 4.78 is 0. The van der Waals surface area contributed by atoms with E-state index in [0.717, 1.165) is 17.0 Å². The molecule has 1 aliphatic heterocycles. The van der Waals surface area contributed by atoms with Crippen molar-refractivity contribution in [3.05, 3.63) is 57.1 Å². The number of amides is 2. The highest BCUT2D eigenvalue weighted by molar-refractivity contribution is 6.46. The number of hydrogen-bond acceptors (Lipinski definition) is 4. The van der Waals surface area contributed by atoms with Crippen LogP contribution in [0, 0.1) is 0 Å². The molecule has 0 fully saturated rings. The average molecular weight is 352 g/mol. The second-order valence-corrected chi connectivity index (χ2v) is 5.55. The number of imide groups is 1. The van der Waals surface area contributed by atoms with Gasteiger partial charge >= 0.3 is 5.97 Å². The van der Waals surface area contributed by atoms with Gasteiger partial charge in [-0.25, -0.2) is 9.69 Å². The van der Waals surface area contributed by atoms with Gasteiger partial charge in [0.25, 0.3) is 11.8 Å². The molecule has 2 N–H and O–H groups in total. The first-order valence-corrected chi connectivity index (χ1v) is 7.01. The van der Waals surface area contributed by atoms with E-state index in [1.165, 1.54) is 18.2 Å². The van der Waals surface area contributed by atoms with Crippen LogP contribution in [-0.4, -0.2) is 28.0 Å². The van der Waals surface area contributed by atoms with Gasteiger partial charge in [-0.3, -0.25) is 9.59 Å². The molecule has 1 heterocycles. The molecule has 6 nitrogen and oxygen atoms in total. The van der Waals surface area contributed by atoms with Crippen LogP contribution >= 0.6 is 23.2 Å². The Morgan fingerprint density at radius 3 is 1.96 bits per heavy atom. The Labute approximate surface area is 139 Å². The monoisotopic (exact) mass is 351 g/mol. The second kappa shape index (κ2) is 5.26. The lowest BCUT2D eigenvalue weighted by Gasteiger charge is -2.15. The van der Waals surface area contributed by atoms with Gasteiger partial charge in [0.1, 0.15) is 11.3 Å². The highest BCUT2D eigenvalue weighted by Gasteiger charge is 2.40. The SMILES string of the molecule is O=C(O)c1cc(N2C(=O)c3c(Cl)ccc(Cl)c3C2=O)ccc1O. The number of carbonyl (C=O) groups is 3. The van der Waals surface area contributed by atoms with Crippen LogP contribution in [0.1, 0.15) is 31.1 Å². The molecule has 0 spiro atoms. The number of halogens is 2. The van der Waals surface area contributed by atoms with E-state index in [4.69, 9.17) is 28.3 Å². The third-order valence-electron chi connectivity index (χ3n) is 3.41. The molecule has 0 bridgehead atoms. The van der Waals surface area contributed by atoms with E-state index in [-0.39, 0.29) is 26.9 Å². The first-order chi connectivity index (χ1) is 10.8. The summed E-state index contributed by atoms with van der Waals surface area (Å²) in [6, 6.07) is 6.17. The van der Waals surface area contributed by atoms with Crippen LogP contribution in [0.25, 0.3) is 0 Å². The number of carboxylic acids is 1. The van der Waals surface area contributed by atoms with E-state index in [0.29, 0.717) is 0 Å². The Balaban J connectivity index is 2.17. The van der Waals surface area contributed by atoms with Gasteiger partial charge in [0.05, 0.1) is 26.9 Å². The van der Waals surface area contributed by atoms with Crippen LogP contribution in [0.3, 0.4) is 0 Å².